The molecule has 0 unspecified atom stereocenters. The van der Waals surface area contributed by atoms with E-state index in [-0.39, 0.29) is 11.5 Å². The maximum absolute atomic E-state index is 12.9. The number of aromatic nitrogens is 5. The van der Waals surface area contributed by atoms with Gasteiger partial charge in [-0.2, -0.15) is 0 Å². The lowest BCUT2D eigenvalue weighted by atomic mass is 10.1. The molecule has 0 bridgehead atoms. The van der Waals surface area contributed by atoms with E-state index < -0.39 is 0 Å². The van der Waals surface area contributed by atoms with Gasteiger partial charge in [0.05, 0.1) is 33.8 Å². The molecule has 0 saturated carbocycles. The zero-order valence-corrected chi connectivity index (χ0v) is 18.4. The van der Waals surface area contributed by atoms with Crippen molar-refractivity contribution < 1.29 is 4.79 Å². The van der Waals surface area contributed by atoms with Crippen LogP contribution in [0.15, 0.2) is 71.9 Å². The summed E-state index contributed by atoms with van der Waals surface area (Å²) in [5, 5.41) is 3.42. The monoisotopic (exact) mass is 450 g/mol. The molecule has 4 heterocycles. The fraction of sp³-hybridized carbons (Fsp3) is 0.192. The van der Waals surface area contributed by atoms with Crippen LogP contribution in [0.4, 0.5) is 5.69 Å². The van der Waals surface area contributed by atoms with Gasteiger partial charge >= 0.3 is 0 Å². The first-order valence-electron chi connectivity index (χ1n) is 11.4. The minimum Gasteiger partial charge on any atom is -0.321 e. The molecule has 0 radical (unpaired) electrons. The quantitative estimate of drug-likeness (QED) is 0.446. The molecule has 0 aliphatic carbocycles. The average Bonchev–Trinajstić information content (AvgIpc) is 3.15. The van der Waals surface area contributed by atoms with Gasteiger partial charge in [-0.1, -0.05) is 18.6 Å². The Morgan fingerprint density at radius 3 is 2.74 bits per heavy atom. The number of para-hydroxylation sites is 2. The van der Waals surface area contributed by atoms with Crippen molar-refractivity contribution in [2.45, 2.75) is 32.2 Å². The van der Waals surface area contributed by atoms with Crippen molar-refractivity contribution in [3.8, 4) is 5.82 Å². The van der Waals surface area contributed by atoms with Gasteiger partial charge < -0.3 is 5.32 Å². The molecule has 3 aromatic heterocycles. The van der Waals surface area contributed by atoms with E-state index in [2.05, 4.69) is 15.3 Å². The van der Waals surface area contributed by atoms with E-state index in [0.29, 0.717) is 34.5 Å². The van der Waals surface area contributed by atoms with E-state index in [1.165, 1.54) is 0 Å². The fourth-order valence-corrected chi connectivity index (χ4v) is 4.51. The van der Waals surface area contributed by atoms with Gasteiger partial charge in [0.1, 0.15) is 18.0 Å². The van der Waals surface area contributed by atoms with Crippen LogP contribution in [0.3, 0.4) is 0 Å². The summed E-state index contributed by atoms with van der Waals surface area (Å²) in [4.78, 5) is 39.4. The Labute approximate surface area is 194 Å². The van der Waals surface area contributed by atoms with E-state index in [1.807, 2.05) is 34.9 Å². The number of carbonyl (C=O) groups is 1. The number of amides is 1. The first-order valence-corrected chi connectivity index (χ1v) is 11.4. The van der Waals surface area contributed by atoms with Crippen LogP contribution in [-0.4, -0.2) is 30.0 Å². The Kier molecular flexibility index (Phi) is 4.91. The number of anilines is 1. The summed E-state index contributed by atoms with van der Waals surface area (Å²) in [5.41, 5.74) is 3.41. The maximum atomic E-state index is 12.9. The molecule has 8 nitrogen and oxygen atoms in total. The van der Waals surface area contributed by atoms with Crippen molar-refractivity contribution in [2.75, 3.05) is 5.32 Å². The highest BCUT2D eigenvalue weighted by molar-refractivity contribution is 6.06. The van der Waals surface area contributed by atoms with Gasteiger partial charge in [-0.15, -0.1) is 0 Å². The molecule has 8 heteroatoms. The second-order valence-corrected chi connectivity index (χ2v) is 8.49. The Morgan fingerprint density at radius 2 is 1.85 bits per heavy atom. The number of aryl methyl sites for hydroxylation is 1. The van der Waals surface area contributed by atoms with E-state index in [0.717, 1.165) is 42.5 Å². The fourth-order valence-electron chi connectivity index (χ4n) is 4.51. The Hall–Kier alpha value is -4.33. The highest BCUT2D eigenvalue weighted by atomic mass is 16.1. The number of hydrogen-bond acceptors (Lipinski definition) is 5. The minimum absolute atomic E-state index is 0.0272. The molecule has 1 aliphatic heterocycles. The van der Waals surface area contributed by atoms with Crippen LogP contribution >= 0.6 is 0 Å². The number of rotatable bonds is 3. The zero-order valence-electron chi connectivity index (χ0n) is 18.4. The van der Waals surface area contributed by atoms with Gasteiger partial charge in [0.15, 0.2) is 0 Å². The molecule has 168 valence electrons. The predicted molar refractivity (Wildman–Crippen MR) is 130 cm³/mol. The molecule has 0 spiro atoms. The number of imidazole rings is 1. The lowest BCUT2D eigenvalue weighted by Crippen LogP contribution is -2.24. The van der Waals surface area contributed by atoms with Crippen molar-refractivity contribution in [1.29, 1.82) is 0 Å². The summed E-state index contributed by atoms with van der Waals surface area (Å²) in [6, 6.07) is 16.5. The molecule has 0 fully saturated rings. The molecule has 0 saturated heterocycles. The lowest BCUT2D eigenvalue weighted by Gasteiger charge is -2.11. The van der Waals surface area contributed by atoms with Crippen LogP contribution in [0.1, 0.15) is 35.4 Å². The highest BCUT2D eigenvalue weighted by Crippen LogP contribution is 2.19. The van der Waals surface area contributed by atoms with Gasteiger partial charge in [-0.05, 0) is 55.3 Å². The molecule has 1 aliphatic rings. The summed E-state index contributed by atoms with van der Waals surface area (Å²) >= 11 is 0. The molecule has 5 aromatic rings. The third-order valence-corrected chi connectivity index (χ3v) is 6.28. The van der Waals surface area contributed by atoms with Crippen molar-refractivity contribution in [3.05, 3.63) is 88.9 Å². The minimum atomic E-state index is -0.277. The van der Waals surface area contributed by atoms with Gasteiger partial charge in [-0.3, -0.25) is 18.7 Å². The van der Waals surface area contributed by atoms with Crippen LogP contribution in [0, 0.1) is 0 Å². The molecule has 6 rings (SSSR count). The van der Waals surface area contributed by atoms with E-state index >= 15 is 0 Å². The zero-order chi connectivity index (χ0) is 23.1. The topological polar surface area (TPSA) is 94.7 Å². The van der Waals surface area contributed by atoms with Crippen molar-refractivity contribution >= 4 is 33.5 Å². The van der Waals surface area contributed by atoms with Crippen LogP contribution in [0.2, 0.25) is 0 Å². The molecule has 1 N–H and O–H groups in total. The predicted octanol–water partition coefficient (Wildman–Crippen LogP) is 4.11. The Bertz CT molecular complexity index is 1600. The first kappa shape index (κ1) is 20.3. The number of pyridine rings is 1. The van der Waals surface area contributed by atoms with Gasteiger partial charge in [0.25, 0.3) is 11.5 Å². The standard InChI is InChI=1S/C26H22N6O2/c33-25(17-9-11-19-21(14-17)30-24-8-2-1-5-13-31(24)26(19)34)29-18-10-12-23(27-15-18)32-16-28-20-6-3-4-7-22(20)32/h3-4,6-7,9-12,14-16H,1-2,5,8,13H2,(H,29,33). The molecule has 34 heavy (non-hydrogen) atoms. The van der Waals surface area contributed by atoms with Crippen LogP contribution in [0.5, 0.6) is 0 Å². The van der Waals surface area contributed by atoms with Crippen molar-refractivity contribution in [3.63, 3.8) is 0 Å². The second kappa shape index (κ2) is 8.22. The summed E-state index contributed by atoms with van der Waals surface area (Å²) in [6.45, 7) is 0.706. The molecule has 1 amide bonds. The highest BCUT2D eigenvalue weighted by Gasteiger charge is 2.16. The SMILES string of the molecule is O=C(Nc1ccc(-n2cnc3ccccc32)nc1)c1ccc2c(=O)n3c(nc2c1)CCCCC3. The van der Waals surface area contributed by atoms with Gasteiger partial charge in [-0.25, -0.2) is 15.0 Å². The van der Waals surface area contributed by atoms with Crippen molar-refractivity contribution in [2.24, 2.45) is 0 Å². The largest absolute Gasteiger partial charge is 0.321 e. The van der Waals surface area contributed by atoms with Crippen LogP contribution in [0.25, 0.3) is 27.8 Å². The number of hydrogen-bond donors (Lipinski definition) is 1. The Morgan fingerprint density at radius 1 is 0.941 bits per heavy atom. The van der Waals surface area contributed by atoms with Gasteiger partial charge in [0, 0.05) is 18.5 Å². The van der Waals surface area contributed by atoms with Gasteiger partial charge in [0.2, 0.25) is 0 Å². The summed E-state index contributed by atoms with van der Waals surface area (Å²) in [5.74, 6) is 1.24. The lowest BCUT2D eigenvalue weighted by molar-refractivity contribution is 0.102. The first-order chi connectivity index (χ1) is 16.7. The summed E-state index contributed by atoms with van der Waals surface area (Å²) < 4.78 is 3.68. The molecular formula is C26H22N6O2. The number of nitrogens with one attached hydrogen (secondary N) is 1. The second-order valence-electron chi connectivity index (χ2n) is 8.49. The van der Waals surface area contributed by atoms with Crippen LogP contribution in [-0.2, 0) is 13.0 Å². The number of nitrogens with zero attached hydrogens (tertiary/aromatic N) is 5. The molecule has 0 atom stereocenters. The Balaban J connectivity index is 1.26. The van der Waals surface area contributed by atoms with E-state index in [4.69, 9.17) is 4.98 Å². The third kappa shape index (κ3) is 3.53. The number of benzene rings is 2. The van der Waals surface area contributed by atoms with Crippen molar-refractivity contribution in [1.82, 2.24) is 24.1 Å². The van der Waals surface area contributed by atoms with E-state index in [9.17, 15) is 9.59 Å². The van der Waals surface area contributed by atoms with Crippen LogP contribution < -0.4 is 10.9 Å². The number of fused-ring (bicyclic) bond motifs is 3. The summed E-state index contributed by atoms with van der Waals surface area (Å²) in [7, 11) is 0. The third-order valence-electron chi connectivity index (χ3n) is 6.28. The van der Waals surface area contributed by atoms with E-state index in [1.54, 1.807) is 41.4 Å². The summed E-state index contributed by atoms with van der Waals surface area (Å²) in [6.07, 6.45) is 7.24. The molecular weight excluding hydrogens is 428 g/mol. The average molecular weight is 451 g/mol. The maximum Gasteiger partial charge on any atom is 0.261 e. The molecule has 2 aromatic carbocycles. The normalized spacial score (nSPS) is 13.5. The smallest absolute Gasteiger partial charge is 0.261 e. The number of carbonyl (C=O) groups excluding carboxylic acids is 1.